The zero-order valence-electron chi connectivity index (χ0n) is 16.2. The quantitative estimate of drug-likeness (QED) is 0.610. The largest absolute Gasteiger partial charge is 0.417 e. The van der Waals surface area contributed by atoms with Crippen LogP contribution in [0.2, 0.25) is 0 Å². The Balaban J connectivity index is 1.28. The van der Waals surface area contributed by atoms with Crippen LogP contribution in [-0.4, -0.2) is 50.6 Å². The summed E-state index contributed by atoms with van der Waals surface area (Å²) in [5, 5.41) is 0. The molecular weight excluding hydrogens is 399 g/mol. The fourth-order valence-corrected chi connectivity index (χ4v) is 4.30. The van der Waals surface area contributed by atoms with Gasteiger partial charge in [-0.05, 0) is 30.5 Å². The first-order valence-corrected chi connectivity index (χ1v) is 9.93. The SMILES string of the molecule is FC(F)(F)c1cnc(N2CCN(Cc3nc4nccc5c4n3CCC5)CC2)c([18F])c1. The summed E-state index contributed by atoms with van der Waals surface area (Å²) in [5.74, 6) is -0.00381. The van der Waals surface area contributed by atoms with Gasteiger partial charge < -0.3 is 9.47 Å². The van der Waals surface area contributed by atoms with E-state index in [2.05, 4.69) is 19.4 Å². The van der Waals surface area contributed by atoms with Crippen molar-refractivity contribution in [3.05, 3.63) is 47.3 Å². The molecule has 5 rings (SSSR count). The summed E-state index contributed by atoms with van der Waals surface area (Å²) in [4.78, 5) is 16.8. The van der Waals surface area contributed by atoms with Gasteiger partial charge in [0.1, 0.15) is 5.82 Å². The van der Waals surface area contributed by atoms with E-state index in [1.807, 2.05) is 6.07 Å². The molecule has 2 aliphatic rings. The normalized spacial score (nSPS) is 17.7. The molecule has 0 aliphatic carbocycles. The monoisotopic (exact) mass is 419 g/mol. The molecule has 0 radical (unpaired) electrons. The standard InChI is InChI=1S/C20H20F4N6/c21-15-10-14(20(22,23)24)11-26-19(15)29-8-6-28(7-9-29)12-16-27-18-17-13(3-4-25-18)2-1-5-30(16)17/h3-4,10-11H,1-2,5-9,12H2/i21-1. The fourth-order valence-electron chi connectivity index (χ4n) is 4.30. The number of halogens is 4. The number of anilines is 1. The number of imidazole rings is 1. The Morgan fingerprint density at radius 2 is 1.83 bits per heavy atom. The molecule has 2 aliphatic heterocycles. The number of nitrogens with zero attached hydrogens (tertiary/aromatic N) is 6. The highest BCUT2D eigenvalue weighted by Gasteiger charge is 2.33. The second kappa shape index (κ2) is 7.19. The lowest BCUT2D eigenvalue weighted by molar-refractivity contribution is -0.138. The molecule has 3 aromatic rings. The minimum atomic E-state index is -4.60. The van der Waals surface area contributed by atoms with Crippen molar-refractivity contribution in [2.45, 2.75) is 32.1 Å². The van der Waals surface area contributed by atoms with Gasteiger partial charge in [-0.15, -0.1) is 0 Å². The third-order valence-corrected chi connectivity index (χ3v) is 5.82. The Morgan fingerprint density at radius 3 is 2.57 bits per heavy atom. The first-order valence-electron chi connectivity index (χ1n) is 9.93. The Hall–Kier alpha value is -2.75. The number of rotatable bonds is 3. The van der Waals surface area contributed by atoms with Gasteiger partial charge in [-0.25, -0.2) is 19.3 Å². The Labute approximate surface area is 170 Å². The summed E-state index contributed by atoms with van der Waals surface area (Å²) in [6, 6.07) is 2.56. The molecule has 0 amide bonds. The van der Waals surface area contributed by atoms with Crippen LogP contribution in [0.4, 0.5) is 23.4 Å². The van der Waals surface area contributed by atoms with Crippen molar-refractivity contribution >= 4 is 17.0 Å². The van der Waals surface area contributed by atoms with Crippen LogP contribution >= 0.6 is 0 Å². The second-order valence-electron chi connectivity index (χ2n) is 7.72. The van der Waals surface area contributed by atoms with Crippen LogP contribution in [0.15, 0.2) is 24.5 Å². The second-order valence-corrected chi connectivity index (χ2v) is 7.72. The lowest BCUT2D eigenvalue weighted by atomic mass is 10.1. The molecule has 3 aromatic heterocycles. The number of alkyl halides is 3. The molecule has 0 atom stereocenters. The average Bonchev–Trinajstić information content (AvgIpc) is 3.08. The van der Waals surface area contributed by atoms with Crippen molar-refractivity contribution in [3.8, 4) is 0 Å². The van der Waals surface area contributed by atoms with E-state index >= 15 is 0 Å². The lowest BCUT2D eigenvalue weighted by Gasteiger charge is -2.35. The van der Waals surface area contributed by atoms with Crippen LogP contribution in [-0.2, 0) is 25.7 Å². The van der Waals surface area contributed by atoms with E-state index in [1.165, 1.54) is 5.56 Å². The molecule has 30 heavy (non-hydrogen) atoms. The molecule has 0 unspecified atom stereocenters. The van der Waals surface area contributed by atoms with Gasteiger partial charge in [0, 0.05) is 45.1 Å². The third-order valence-electron chi connectivity index (χ3n) is 5.82. The third kappa shape index (κ3) is 3.38. The van der Waals surface area contributed by atoms with E-state index in [0.717, 1.165) is 36.4 Å². The molecule has 0 aromatic carbocycles. The smallest absolute Gasteiger partial charge is 0.352 e. The van der Waals surface area contributed by atoms with Crippen molar-refractivity contribution in [3.63, 3.8) is 0 Å². The highest BCUT2D eigenvalue weighted by molar-refractivity contribution is 5.76. The van der Waals surface area contributed by atoms with E-state index in [-0.39, 0.29) is 5.82 Å². The van der Waals surface area contributed by atoms with Crippen LogP contribution in [0, 0.1) is 5.82 Å². The maximum Gasteiger partial charge on any atom is 0.417 e. The zero-order valence-corrected chi connectivity index (χ0v) is 16.2. The van der Waals surface area contributed by atoms with Crippen LogP contribution in [0.5, 0.6) is 0 Å². The molecule has 0 bridgehead atoms. The summed E-state index contributed by atoms with van der Waals surface area (Å²) in [5.41, 5.74) is 2.10. The molecular formula is C20H20F4N6. The van der Waals surface area contributed by atoms with Crippen LogP contribution in [0.3, 0.4) is 0 Å². The maximum absolute atomic E-state index is 14.2. The molecule has 5 heterocycles. The molecule has 0 spiro atoms. The summed E-state index contributed by atoms with van der Waals surface area (Å²) in [6.45, 7) is 3.84. The van der Waals surface area contributed by atoms with Gasteiger partial charge >= 0.3 is 6.18 Å². The van der Waals surface area contributed by atoms with Crippen molar-refractivity contribution in [1.82, 2.24) is 24.4 Å². The lowest BCUT2D eigenvalue weighted by Crippen LogP contribution is -2.46. The minimum Gasteiger partial charge on any atom is -0.352 e. The van der Waals surface area contributed by atoms with Crippen LogP contribution in [0.1, 0.15) is 23.4 Å². The van der Waals surface area contributed by atoms with E-state index in [4.69, 9.17) is 4.98 Å². The van der Waals surface area contributed by atoms with E-state index in [1.54, 1.807) is 11.1 Å². The number of pyridine rings is 2. The predicted molar refractivity (Wildman–Crippen MR) is 103 cm³/mol. The van der Waals surface area contributed by atoms with Gasteiger partial charge in [-0.1, -0.05) is 0 Å². The first-order chi connectivity index (χ1) is 14.4. The topological polar surface area (TPSA) is 50.1 Å². The molecule has 6 nitrogen and oxygen atoms in total. The Bertz CT molecular complexity index is 1080. The molecule has 0 saturated carbocycles. The summed E-state index contributed by atoms with van der Waals surface area (Å²) < 4.78 is 54.7. The van der Waals surface area contributed by atoms with Crippen LogP contribution < -0.4 is 4.90 Å². The zero-order chi connectivity index (χ0) is 20.9. The molecule has 1 fully saturated rings. The maximum atomic E-state index is 14.2. The van der Waals surface area contributed by atoms with Crippen molar-refractivity contribution in [1.29, 1.82) is 0 Å². The Kier molecular flexibility index (Phi) is 4.61. The highest BCUT2D eigenvalue weighted by atomic mass is 19.4. The highest BCUT2D eigenvalue weighted by Crippen LogP contribution is 2.31. The van der Waals surface area contributed by atoms with Gasteiger partial charge in [0.15, 0.2) is 17.3 Å². The molecule has 10 heteroatoms. The number of hydrogen-bond acceptors (Lipinski definition) is 5. The van der Waals surface area contributed by atoms with E-state index < -0.39 is 17.6 Å². The average molecular weight is 419 g/mol. The predicted octanol–water partition coefficient (Wildman–Crippen LogP) is 3.25. The van der Waals surface area contributed by atoms with Crippen molar-refractivity contribution < 1.29 is 17.6 Å². The van der Waals surface area contributed by atoms with Gasteiger partial charge in [-0.2, -0.15) is 13.2 Å². The summed E-state index contributed by atoms with van der Waals surface area (Å²) >= 11 is 0. The Morgan fingerprint density at radius 1 is 1.03 bits per heavy atom. The summed E-state index contributed by atoms with van der Waals surface area (Å²) in [7, 11) is 0. The minimum absolute atomic E-state index is 0.0295. The van der Waals surface area contributed by atoms with Crippen molar-refractivity contribution in [2.75, 3.05) is 31.1 Å². The number of hydrogen-bond donors (Lipinski definition) is 0. The molecule has 158 valence electrons. The van der Waals surface area contributed by atoms with Crippen LogP contribution in [0.25, 0.3) is 11.2 Å². The van der Waals surface area contributed by atoms with Crippen molar-refractivity contribution in [2.24, 2.45) is 0 Å². The van der Waals surface area contributed by atoms with E-state index in [0.29, 0.717) is 45.0 Å². The molecule has 0 N–H and O–H groups in total. The first kappa shape index (κ1) is 19.2. The van der Waals surface area contributed by atoms with Gasteiger partial charge in [0.05, 0.1) is 17.6 Å². The van der Waals surface area contributed by atoms with E-state index in [9.17, 15) is 17.6 Å². The fraction of sp³-hybridized carbons (Fsp3) is 0.450. The number of aryl methyl sites for hydroxylation is 2. The number of aromatic nitrogens is 4. The summed E-state index contributed by atoms with van der Waals surface area (Å²) in [6.07, 6.45) is -0.00480. The number of piperazine rings is 1. The van der Waals surface area contributed by atoms with Gasteiger partial charge in [-0.3, -0.25) is 4.90 Å². The van der Waals surface area contributed by atoms with Gasteiger partial charge in [0.2, 0.25) is 0 Å². The van der Waals surface area contributed by atoms with Gasteiger partial charge in [0.25, 0.3) is 0 Å². The molecule has 1 saturated heterocycles.